The van der Waals surface area contributed by atoms with Gasteiger partial charge in [0.2, 0.25) is 11.7 Å². The Balaban J connectivity index is 2.11. The Kier molecular flexibility index (Phi) is 4.30. The lowest BCUT2D eigenvalue weighted by atomic mass is 10.3. The summed E-state index contributed by atoms with van der Waals surface area (Å²) in [5.74, 6) is 0.342. The minimum absolute atomic E-state index is 0.0158. The van der Waals surface area contributed by atoms with Crippen LogP contribution in [-0.2, 0) is 0 Å². The average Bonchev–Trinajstić information content (AvgIpc) is 2.48. The van der Waals surface area contributed by atoms with Crippen LogP contribution >= 0.6 is 0 Å². The molecule has 3 amide bonds. The first-order valence-electron chi connectivity index (χ1n) is 5.98. The molecule has 0 aliphatic heterocycles. The highest BCUT2D eigenvalue weighted by Crippen LogP contribution is 2.21. The molecule has 8 heteroatoms. The van der Waals surface area contributed by atoms with E-state index in [1.54, 1.807) is 24.3 Å². The van der Waals surface area contributed by atoms with Crippen LogP contribution in [0.1, 0.15) is 10.6 Å². The zero-order valence-electron chi connectivity index (χ0n) is 11.2. The van der Waals surface area contributed by atoms with Gasteiger partial charge in [0.05, 0.1) is 0 Å². The molecule has 2 rings (SSSR count). The number of aromatic nitrogens is 2. The van der Waals surface area contributed by atoms with Crippen molar-refractivity contribution in [1.82, 2.24) is 15.3 Å². The lowest BCUT2D eigenvalue weighted by molar-refractivity contribution is 0.0952. The summed E-state index contributed by atoms with van der Waals surface area (Å²) in [5.41, 5.74) is 5.55. The molecule has 1 aromatic heterocycles. The molecule has 21 heavy (non-hydrogen) atoms. The summed E-state index contributed by atoms with van der Waals surface area (Å²) >= 11 is 0. The van der Waals surface area contributed by atoms with E-state index in [1.807, 2.05) is 0 Å². The SMILES string of the molecule is CNC(=O)c1nccc(Oc2ccc(NC(N)=O)cc2)n1. The van der Waals surface area contributed by atoms with Crippen molar-refractivity contribution in [3.8, 4) is 11.6 Å². The van der Waals surface area contributed by atoms with Gasteiger partial charge < -0.3 is 21.1 Å². The fraction of sp³-hybridized carbons (Fsp3) is 0.0769. The third-order valence-electron chi connectivity index (χ3n) is 2.40. The van der Waals surface area contributed by atoms with Crippen molar-refractivity contribution >= 4 is 17.6 Å². The van der Waals surface area contributed by atoms with Gasteiger partial charge in [0.15, 0.2) is 0 Å². The molecule has 0 radical (unpaired) electrons. The lowest BCUT2D eigenvalue weighted by Gasteiger charge is -2.07. The Morgan fingerprint density at radius 1 is 1.19 bits per heavy atom. The number of primary amides is 1. The van der Waals surface area contributed by atoms with E-state index in [-0.39, 0.29) is 11.7 Å². The number of carbonyl (C=O) groups is 2. The molecule has 0 saturated carbocycles. The highest BCUT2D eigenvalue weighted by molar-refractivity contribution is 5.90. The molecule has 0 fully saturated rings. The van der Waals surface area contributed by atoms with Gasteiger partial charge in [-0.25, -0.2) is 9.78 Å². The van der Waals surface area contributed by atoms with Crippen molar-refractivity contribution in [3.05, 3.63) is 42.4 Å². The number of anilines is 1. The van der Waals surface area contributed by atoms with Gasteiger partial charge in [-0.2, -0.15) is 4.98 Å². The minimum Gasteiger partial charge on any atom is -0.439 e. The van der Waals surface area contributed by atoms with Gasteiger partial charge in [-0.1, -0.05) is 0 Å². The number of carbonyl (C=O) groups excluding carboxylic acids is 2. The molecule has 0 aliphatic carbocycles. The Hall–Kier alpha value is -3.16. The number of amides is 3. The highest BCUT2D eigenvalue weighted by Gasteiger charge is 2.08. The third kappa shape index (κ3) is 3.90. The summed E-state index contributed by atoms with van der Waals surface area (Å²) in [5, 5.41) is 4.86. The van der Waals surface area contributed by atoms with Crippen LogP contribution in [0.2, 0.25) is 0 Å². The second-order valence-corrected chi connectivity index (χ2v) is 3.91. The van der Waals surface area contributed by atoms with E-state index in [9.17, 15) is 9.59 Å². The van der Waals surface area contributed by atoms with E-state index in [2.05, 4.69) is 20.6 Å². The maximum Gasteiger partial charge on any atom is 0.316 e. The summed E-state index contributed by atoms with van der Waals surface area (Å²) in [7, 11) is 1.49. The summed E-state index contributed by atoms with van der Waals surface area (Å²) in [6.07, 6.45) is 1.43. The Bertz CT molecular complexity index is 657. The summed E-state index contributed by atoms with van der Waals surface area (Å²) < 4.78 is 5.50. The lowest BCUT2D eigenvalue weighted by Crippen LogP contribution is -2.20. The molecule has 0 bridgehead atoms. The second kappa shape index (κ2) is 6.33. The molecular formula is C13H13N5O3. The molecule has 2 aromatic rings. The van der Waals surface area contributed by atoms with E-state index >= 15 is 0 Å². The van der Waals surface area contributed by atoms with E-state index in [4.69, 9.17) is 10.5 Å². The zero-order valence-corrected chi connectivity index (χ0v) is 11.2. The van der Waals surface area contributed by atoms with E-state index in [0.717, 1.165) is 0 Å². The van der Waals surface area contributed by atoms with Crippen molar-refractivity contribution in [2.45, 2.75) is 0 Å². The normalized spacial score (nSPS) is 9.76. The second-order valence-electron chi connectivity index (χ2n) is 3.91. The number of nitrogens with zero attached hydrogens (tertiary/aromatic N) is 2. The molecule has 8 nitrogen and oxygen atoms in total. The number of rotatable bonds is 4. The largest absolute Gasteiger partial charge is 0.439 e. The molecule has 0 spiro atoms. The predicted octanol–water partition coefficient (Wildman–Crippen LogP) is 1.12. The van der Waals surface area contributed by atoms with Crippen LogP contribution in [0.25, 0.3) is 0 Å². The molecular weight excluding hydrogens is 274 g/mol. The van der Waals surface area contributed by atoms with Gasteiger partial charge in [-0.05, 0) is 24.3 Å². The van der Waals surface area contributed by atoms with Crippen LogP contribution in [0.15, 0.2) is 36.5 Å². The van der Waals surface area contributed by atoms with Crippen LogP contribution in [0, 0.1) is 0 Å². The number of nitrogens with two attached hydrogens (primary N) is 1. The van der Waals surface area contributed by atoms with E-state index in [1.165, 1.54) is 19.3 Å². The van der Waals surface area contributed by atoms with Crippen LogP contribution in [0.5, 0.6) is 11.6 Å². The van der Waals surface area contributed by atoms with Crippen LogP contribution in [0.3, 0.4) is 0 Å². The van der Waals surface area contributed by atoms with Crippen LogP contribution < -0.4 is 21.1 Å². The maximum absolute atomic E-state index is 11.4. The number of nitrogens with one attached hydrogen (secondary N) is 2. The average molecular weight is 287 g/mol. The molecule has 0 saturated heterocycles. The fourth-order valence-corrected chi connectivity index (χ4v) is 1.49. The molecule has 0 unspecified atom stereocenters. The fourth-order valence-electron chi connectivity index (χ4n) is 1.49. The smallest absolute Gasteiger partial charge is 0.316 e. The summed E-state index contributed by atoms with van der Waals surface area (Å²) in [6.45, 7) is 0. The van der Waals surface area contributed by atoms with Gasteiger partial charge >= 0.3 is 6.03 Å². The number of hydrogen-bond acceptors (Lipinski definition) is 5. The number of benzene rings is 1. The Morgan fingerprint density at radius 2 is 1.90 bits per heavy atom. The molecule has 0 atom stereocenters. The Morgan fingerprint density at radius 3 is 2.52 bits per heavy atom. The number of hydrogen-bond donors (Lipinski definition) is 3. The van der Waals surface area contributed by atoms with Crippen molar-refractivity contribution in [1.29, 1.82) is 0 Å². The number of ether oxygens (including phenoxy) is 1. The minimum atomic E-state index is -0.644. The molecule has 1 aromatic carbocycles. The van der Waals surface area contributed by atoms with Gasteiger partial charge in [0.1, 0.15) is 5.75 Å². The van der Waals surface area contributed by atoms with E-state index in [0.29, 0.717) is 11.4 Å². The Labute approximate surface area is 120 Å². The molecule has 4 N–H and O–H groups in total. The molecule has 108 valence electrons. The van der Waals surface area contributed by atoms with Gasteiger partial charge in [-0.15, -0.1) is 0 Å². The summed E-state index contributed by atoms with van der Waals surface area (Å²) in [4.78, 5) is 29.9. The first kappa shape index (κ1) is 14.3. The van der Waals surface area contributed by atoms with Crippen molar-refractivity contribution in [2.24, 2.45) is 5.73 Å². The quantitative estimate of drug-likeness (QED) is 0.778. The number of urea groups is 1. The van der Waals surface area contributed by atoms with Crippen molar-refractivity contribution in [2.75, 3.05) is 12.4 Å². The predicted molar refractivity (Wildman–Crippen MR) is 75.1 cm³/mol. The van der Waals surface area contributed by atoms with Crippen LogP contribution in [-0.4, -0.2) is 29.0 Å². The highest BCUT2D eigenvalue weighted by atomic mass is 16.5. The molecule has 0 aliphatic rings. The summed E-state index contributed by atoms with van der Waals surface area (Å²) in [6, 6.07) is 7.40. The van der Waals surface area contributed by atoms with E-state index < -0.39 is 11.9 Å². The van der Waals surface area contributed by atoms with Gasteiger partial charge in [0, 0.05) is 25.0 Å². The van der Waals surface area contributed by atoms with Gasteiger partial charge in [-0.3, -0.25) is 4.79 Å². The van der Waals surface area contributed by atoms with Crippen molar-refractivity contribution < 1.29 is 14.3 Å². The van der Waals surface area contributed by atoms with Crippen molar-refractivity contribution in [3.63, 3.8) is 0 Å². The monoisotopic (exact) mass is 287 g/mol. The van der Waals surface area contributed by atoms with Crippen LogP contribution in [0.4, 0.5) is 10.5 Å². The molecule has 1 heterocycles. The third-order valence-corrected chi connectivity index (χ3v) is 2.40. The zero-order chi connectivity index (χ0) is 15.2. The van der Waals surface area contributed by atoms with Gasteiger partial charge in [0.25, 0.3) is 5.91 Å². The topological polar surface area (TPSA) is 119 Å². The first-order chi connectivity index (χ1) is 10.1. The first-order valence-corrected chi connectivity index (χ1v) is 5.98. The maximum atomic E-state index is 11.4. The standard InChI is InChI=1S/C13H13N5O3/c1-15-12(19)11-16-7-6-10(18-11)21-9-4-2-8(3-5-9)17-13(14)20/h2-7H,1H3,(H,15,19)(H3,14,17,20).